The lowest BCUT2D eigenvalue weighted by Crippen LogP contribution is -2.40. The highest BCUT2D eigenvalue weighted by molar-refractivity contribution is 5.13. The molecule has 2 aliphatic rings. The molecule has 5 heterocycles. The van der Waals surface area contributed by atoms with E-state index in [0.29, 0.717) is 29.8 Å². The van der Waals surface area contributed by atoms with Crippen molar-refractivity contribution >= 4 is 0 Å². The Balaban J connectivity index is 0.000000288. The zero-order valence-electron chi connectivity index (χ0n) is 30.5. The predicted molar refractivity (Wildman–Crippen MR) is 190 cm³/mol. The maximum absolute atomic E-state index is 5.33. The fourth-order valence-corrected chi connectivity index (χ4v) is 4.41. The van der Waals surface area contributed by atoms with E-state index in [1.807, 2.05) is 36.7 Å². The fourth-order valence-electron chi connectivity index (χ4n) is 4.41. The summed E-state index contributed by atoms with van der Waals surface area (Å²) in [7, 11) is 0. The van der Waals surface area contributed by atoms with Crippen molar-refractivity contribution in [2.75, 3.05) is 52.6 Å². The van der Waals surface area contributed by atoms with Crippen LogP contribution in [0.1, 0.15) is 110 Å². The Morgan fingerprint density at radius 1 is 0.543 bits per heavy atom. The Bertz CT molecular complexity index is 967. The van der Waals surface area contributed by atoms with Crippen LogP contribution in [0.4, 0.5) is 0 Å². The molecular weight excluding hydrogens is 574 g/mol. The van der Waals surface area contributed by atoms with Crippen molar-refractivity contribution in [1.82, 2.24) is 34.9 Å². The van der Waals surface area contributed by atoms with Gasteiger partial charge < -0.3 is 9.47 Å². The summed E-state index contributed by atoms with van der Waals surface area (Å²) in [5, 5.41) is 7.43. The maximum Gasteiger partial charge on any atom is 0.115 e. The predicted octanol–water partition coefficient (Wildman–Crippen LogP) is 7.25. The Kier molecular flexibility index (Phi) is 22.6. The molecule has 0 atom stereocenters. The summed E-state index contributed by atoms with van der Waals surface area (Å²) in [6.07, 6.45) is 11.7. The Hall–Kier alpha value is -2.85. The van der Waals surface area contributed by atoms with Gasteiger partial charge in [0, 0.05) is 75.4 Å². The van der Waals surface area contributed by atoms with E-state index in [2.05, 4.69) is 104 Å². The average molecular weight is 638 g/mol. The molecule has 46 heavy (non-hydrogen) atoms. The topological polar surface area (TPSA) is 89.4 Å². The molecule has 258 valence electrons. The number of ether oxygens (including phenoxy) is 2. The van der Waals surface area contributed by atoms with Crippen LogP contribution in [0.15, 0.2) is 61.6 Å². The van der Waals surface area contributed by atoms with Crippen molar-refractivity contribution in [3.8, 4) is 0 Å². The van der Waals surface area contributed by atoms with Crippen molar-refractivity contribution < 1.29 is 9.47 Å². The third-order valence-electron chi connectivity index (χ3n) is 7.61. The highest BCUT2D eigenvalue weighted by atomic mass is 16.5. The fraction of sp³-hybridized carbons (Fsp3) is 0.649. The van der Waals surface area contributed by atoms with Crippen LogP contribution in [0.5, 0.6) is 0 Å². The van der Waals surface area contributed by atoms with Gasteiger partial charge in [0.25, 0.3) is 0 Å². The van der Waals surface area contributed by atoms with E-state index in [9.17, 15) is 0 Å². The van der Waals surface area contributed by atoms with Crippen LogP contribution in [-0.2, 0) is 9.47 Å². The second-order valence-electron chi connectivity index (χ2n) is 12.9. The van der Waals surface area contributed by atoms with Gasteiger partial charge in [-0.1, -0.05) is 41.5 Å². The van der Waals surface area contributed by atoms with Crippen LogP contribution in [-0.4, -0.2) is 99.6 Å². The van der Waals surface area contributed by atoms with E-state index in [1.54, 1.807) is 24.9 Å². The monoisotopic (exact) mass is 638 g/mol. The van der Waals surface area contributed by atoms with Crippen LogP contribution in [0.2, 0.25) is 0 Å². The molecule has 2 saturated heterocycles. The molecule has 0 amide bonds. The molecule has 0 spiro atoms. The maximum atomic E-state index is 5.33. The van der Waals surface area contributed by atoms with Gasteiger partial charge in [0.15, 0.2) is 0 Å². The molecule has 0 N–H and O–H groups in total. The average Bonchev–Trinajstić information content (AvgIpc) is 3.38. The van der Waals surface area contributed by atoms with Gasteiger partial charge in [0.1, 0.15) is 6.33 Å². The summed E-state index contributed by atoms with van der Waals surface area (Å²) in [4.78, 5) is 16.7. The van der Waals surface area contributed by atoms with E-state index in [4.69, 9.17) is 9.47 Å². The standard InChI is InChI=1S/C8H17NO.C8H11N.2C7H10N2.C7H15NO/c1-8(2)9-4-3-6-10-7-5-9;1-7(2)8-3-5-9-6-4-8;1-6(2)7-3-4-8-5-9-7;1-6(2)7-3-4-8-9-5-7;1-7(2)8-3-5-9-6-4-8/h8H,3-7H2,1-2H3;3-7H,1-2H3;2*3-6H,1-2H3;7H,3-6H2,1-2H3. The number of aromatic nitrogens is 5. The van der Waals surface area contributed by atoms with E-state index >= 15 is 0 Å². The van der Waals surface area contributed by atoms with Gasteiger partial charge in [-0.3, -0.25) is 14.8 Å². The molecule has 0 saturated carbocycles. The summed E-state index contributed by atoms with van der Waals surface area (Å²) in [5.74, 6) is 1.68. The van der Waals surface area contributed by atoms with E-state index < -0.39 is 0 Å². The molecule has 0 aliphatic carbocycles. The molecule has 9 nitrogen and oxygen atoms in total. The van der Waals surface area contributed by atoms with Gasteiger partial charge >= 0.3 is 0 Å². The van der Waals surface area contributed by atoms with Crippen LogP contribution in [0.25, 0.3) is 0 Å². The van der Waals surface area contributed by atoms with Gasteiger partial charge in [0.2, 0.25) is 0 Å². The van der Waals surface area contributed by atoms with Crippen LogP contribution < -0.4 is 0 Å². The SMILES string of the molecule is CC(C)N1CCCOCC1.CC(C)N1CCOCC1.CC(C)c1ccncc1.CC(C)c1ccncn1.CC(C)c1ccnnc1. The third kappa shape index (κ3) is 19.6. The lowest BCUT2D eigenvalue weighted by molar-refractivity contribution is 0.0238. The lowest BCUT2D eigenvalue weighted by atomic mass is 10.1. The van der Waals surface area contributed by atoms with Crippen LogP contribution >= 0.6 is 0 Å². The summed E-state index contributed by atoms with van der Waals surface area (Å²) in [5.41, 5.74) is 3.69. The second kappa shape index (κ2) is 25.3. The molecule has 5 rings (SSSR count). The summed E-state index contributed by atoms with van der Waals surface area (Å²) >= 11 is 0. The molecule has 3 aromatic rings. The van der Waals surface area contributed by atoms with Gasteiger partial charge in [-0.2, -0.15) is 10.2 Å². The molecule has 0 aromatic carbocycles. The molecule has 2 fully saturated rings. The van der Waals surface area contributed by atoms with Crippen LogP contribution in [0, 0.1) is 0 Å². The number of hydrogen-bond acceptors (Lipinski definition) is 9. The first-order chi connectivity index (χ1) is 22.0. The molecule has 9 heteroatoms. The molecule has 3 aromatic heterocycles. The molecule has 0 bridgehead atoms. The minimum absolute atomic E-state index is 0.507. The molecule has 0 unspecified atom stereocenters. The summed E-state index contributed by atoms with van der Waals surface area (Å²) in [6.45, 7) is 30.0. The number of morpholine rings is 1. The van der Waals surface area contributed by atoms with E-state index in [1.165, 1.54) is 24.1 Å². The van der Waals surface area contributed by atoms with Crippen molar-refractivity contribution in [3.63, 3.8) is 0 Å². The molecule has 2 aliphatic heterocycles. The first-order valence-electron chi connectivity index (χ1n) is 17.1. The highest BCUT2D eigenvalue weighted by Crippen LogP contribution is 2.11. The Morgan fingerprint density at radius 3 is 1.46 bits per heavy atom. The smallest absolute Gasteiger partial charge is 0.115 e. The minimum atomic E-state index is 0.507. The minimum Gasteiger partial charge on any atom is -0.380 e. The van der Waals surface area contributed by atoms with Gasteiger partial charge in [-0.05, 0) is 87.3 Å². The zero-order valence-corrected chi connectivity index (χ0v) is 30.5. The summed E-state index contributed by atoms with van der Waals surface area (Å²) < 4.78 is 10.5. The summed E-state index contributed by atoms with van der Waals surface area (Å²) in [6, 6.07) is 9.38. The van der Waals surface area contributed by atoms with Gasteiger partial charge in [0.05, 0.1) is 26.0 Å². The number of nitrogens with zero attached hydrogens (tertiary/aromatic N) is 7. The van der Waals surface area contributed by atoms with Crippen molar-refractivity contribution in [2.45, 2.75) is 105 Å². The van der Waals surface area contributed by atoms with E-state index in [-0.39, 0.29) is 0 Å². The normalized spacial score (nSPS) is 15.5. The van der Waals surface area contributed by atoms with E-state index in [0.717, 1.165) is 51.8 Å². The van der Waals surface area contributed by atoms with Gasteiger partial charge in [-0.25, -0.2) is 9.97 Å². The first-order valence-corrected chi connectivity index (χ1v) is 17.1. The van der Waals surface area contributed by atoms with Crippen molar-refractivity contribution in [3.05, 3.63) is 78.4 Å². The Morgan fingerprint density at radius 2 is 1.07 bits per heavy atom. The van der Waals surface area contributed by atoms with Gasteiger partial charge in [-0.15, -0.1) is 0 Å². The largest absolute Gasteiger partial charge is 0.380 e. The Labute approximate surface area is 280 Å². The number of hydrogen-bond donors (Lipinski definition) is 0. The van der Waals surface area contributed by atoms with Crippen molar-refractivity contribution in [1.29, 1.82) is 0 Å². The lowest BCUT2D eigenvalue weighted by Gasteiger charge is -2.29. The number of pyridine rings is 1. The highest BCUT2D eigenvalue weighted by Gasteiger charge is 2.12. The number of rotatable bonds is 5. The zero-order chi connectivity index (χ0) is 34.2. The van der Waals surface area contributed by atoms with Crippen molar-refractivity contribution in [2.24, 2.45) is 0 Å². The molecule has 0 radical (unpaired) electrons. The molecular formula is C37H63N7O2. The third-order valence-corrected chi connectivity index (χ3v) is 7.61. The first kappa shape index (κ1) is 41.2. The quantitative estimate of drug-likeness (QED) is 0.287. The van der Waals surface area contributed by atoms with Crippen LogP contribution in [0.3, 0.4) is 0 Å². The second-order valence-corrected chi connectivity index (χ2v) is 12.9.